The normalized spacial score (nSPS) is 18.3. The van der Waals surface area contributed by atoms with Gasteiger partial charge in [0.15, 0.2) is 5.60 Å². The molecule has 7 heteroatoms. The molecule has 1 aliphatic rings. The average Bonchev–Trinajstić information content (AvgIpc) is 3.24. The molecule has 1 heterocycles. The van der Waals surface area contributed by atoms with Gasteiger partial charge in [0.2, 0.25) is 0 Å². The monoisotopic (exact) mass is 442 g/mol. The standard InChI is InChI=1S/C25H30O7/c1-24(2,22(26)27)19-8-10-20(11-9-19)30-13-5-14-31-21-7-3-6-18(16-21)17-25(23(28)29)12-4-15-32-25/h3,6-11,16H,4-5,12-15,17H2,1-2H3,(H,26,27)(H,28,29). The summed E-state index contributed by atoms with van der Waals surface area (Å²) in [5, 5.41) is 18.9. The Labute approximate surface area is 187 Å². The Morgan fingerprint density at radius 2 is 1.72 bits per heavy atom. The Bertz CT molecular complexity index is 928. The van der Waals surface area contributed by atoms with E-state index in [1.54, 1.807) is 38.1 Å². The summed E-state index contributed by atoms with van der Waals surface area (Å²) < 4.78 is 17.1. The van der Waals surface area contributed by atoms with Crippen LogP contribution in [0.5, 0.6) is 11.5 Å². The lowest BCUT2D eigenvalue weighted by Crippen LogP contribution is -2.40. The summed E-state index contributed by atoms with van der Waals surface area (Å²) in [5.41, 5.74) is -0.503. The first-order valence-electron chi connectivity index (χ1n) is 10.8. The largest absolute Gasteiger partial charge is 0.493 e. The highest BCUT2D eigenvalue weighted by Gasteiger charge is 2.42. The van der Waals surface area contributed by atoms with Crippen LogP contribution in [0.3, 0.4) is 0 Å². The second-order valence-electron chi connectivity index (χ2n) is 8.58. The summed E-state index contributed by atoms with van der Waals surface area (Å²) in [6.07, 6.45) is 2.24. The molecule has 0 radical (unpaired) electrons. The number of carbonyl (C=O) groups is 2. The molecule has 2 aromatic carbocycles. The molecule has 2 N–H and O–H groups in total. The molecule has 1 atom stereocenters. The smallest absolute Gasteiger partial charge is 0.336 e. The van der Waals surface area contributed by atoms with Gasteiger partial charge >= 0.3 is 11.9 Å². The number of carboxylic acids is 2. The summed E-state index contributed by atoms with van der Waals surface area (Å²) in [6.45, 7) is 4.72. The lowest BCUT2D eigenvalue weighted by Gasteiger charge is -2.23. The van der Waals surface area contributed by atoms with Gasteiger partial charge in [-0.15, -0.1) is 0 Å². The van der Waals surface area contributed by atoms with Crippen molar-refractivity contribution >= 4 is 11.9 Å². The van der Waals surface area contributed by atoms with Gasteiger partial charge in [0.1, 0.15) is 11.5 Å². The third-order valence-electron chi connectivity index (χ3n) is 5.82. The van der Waals surface area contributed by atoms with Crippen LogP contribution in [0.4, 0.5) is 0 Å². The summed E-state index contributed by atoms with van der Waals surface area (Å²) in [4.78, 5) is 23.0. The average molecular weight is 443 g/mol. The van der Waals surface area contributed by atoms with E-state index in [4.69, 9.17) is 14.2 Å². The summed E-state index contributed by atoms with van der Waals surface area (Å²) in [7, 11) is 0. The molecule has 1 aliphatic heterocycles. The lowest BCUT2D eigenvalue weighted by molar-refractivity contribution is -0.159. The van der Waals surface area contributed by atoms with E-state index in [0.717, 1.165) is 12.0 Å². The SMILES string of the molecule is CC(C)(C(=O)O)c1ccc(OCCCOc2cccc(CC3(C(=O)O)CCCO3)c2)cc1. The van der Waals surface area contributed by atoms with Crippen LogP contribution in [-0.2, 0) is 26.2 Å². The fraction of sp³-hybridized carbons (Fsp3) is 0.440. The number of carboxylic acid groups (broad SMARTS) is 2. The number of ether oxygens (including phenoxy) is 3. The molecule has 0 bridgehead atoms. The Hall–Kier alpha value is -3.06. The first-order valence-corrected chi connectivity index (χ1v) is 10.8. The molecule has 1 fully saturated rings. The number of aliphatic carboxylic acids is 2. The Morgan fingerprint density at radius 3 is 2.31 bits per heavy atom. The van der Waals surface area contributed by atoms with Crippen molar-refractivity contribution in [3.63, 3.8) is 0 Å². The van der Waals surface area contributed by atoms with Gasteiger partial charge in [-0.2, -0.15) is 0 Å². The molecule has 0 aliphatic carbocycles. The first-order chi connectivity index (χ1) is 15.2. The van der Waals surface area contributed by atoms with E-state index in [1.807, 2.05) is 24.3 Å². The van der Waals surface area contributed by atoms with Crippen molar-refractivity contribution in [1.82, 2.24) is 0 Å². The zero-order chi connectivity index (χ0) is 23.2. The molecule has 1 saturated heterocycles. The first kappa shape index (κ1) is 23.6. The van der Waals surface area contributed by atoms with Crippen molar-refractivity contribution in [2.75, 3.05) is 19.8 Å². The van der Waals surface area contributed by atoms with Crippen molar-refractivity contribution in [3.05, 3.63) is 59.7 Å². The third-order valence-corrected chi connectivity index (χ3v) is 5.82. The molecule has 32 heavy (non-hydrogen) atoms. The van der Waals surface area contributed by atoms with E-state index in [9.17, 15) is 19.8 Å². The number of hydrogen-bond acceptors (Lipinski definition) is 5. The van der Waals surface area contributed by atoms with Crippen LogP contribution in [0, 0.1) is 0 Å². The van der Waals surface area contributed by atoms with Crippen LogP contribution >= 0.6 is 0 Å². The minimum atomic E-state index is -1.14. The topological polar surface area (TPSA) is 102 Å². The molecular weight excluding hydrogens is 412 g/mol. The molecular formula is C25H30O7. The van der Waals surface area contributed by atoms with Gasteiger partial charge in [-0.1, -0.05) is 24.3 Å². The quantitative estimate of drug-likeness (QED) is 0.506. The summed E-state index contributed by atoms with van der Waals surface area (Å²) >= 11 is 0. The predicted octanol–water partition coefficient (Wildman–Crippen LogP) is 4.07. The Kier molecular flexibility index (Phi) is 7.40. The maximum absolute atomic E-state index is 11.7. The van der Waals surface area contributed by atoms with Crippen LogP contribution in [0.15, 0.2) is 48.5 Å². The maximum Gasteiger partial charge on any atom is 0.336 e. The van der Waals surface area contributed by atoms with Gasteiger partial charge in [-0.25, -0.2) is 4.79 Å². The number of hydrogen-bond donors (Lipinski definition) is 2. The predicted molar refractivity (Wildman–Crippen MR) is 118 cm³/mol. The molecule has 0 aromatic heterocycles. The van der Waals surface area contributed by atoms with Crippen molar-refractivity contribution in [3.8, 4) is 11.5 Å². The van der Waals surface area contributed by atoms with E-state index in [-0.39, 0.29) is 0 Å². The molecule has 7 nitrogen and oxygen atoms in total. The van der Waals surface area contributed by atoms with Crippen LogP contribution in [0.1, 0.15) is 44.2 Å². The highest BCUT2D eigenvalue weighted by atomic mass is 16.5. The van der Waals surface area contributed by atoms with Crippen molar-refractivity contribution in [2.24, 2.45) is 0 Å². The van der Waals surface area contributed by atoms with Gasteiger partial charge in [0.25, 0.3) is 0 Å². The fourth-order valence-corrected chi connectivity index (χ4v) is 3.69. The maximum atomic E-state index is 11.7. The number of rotatable bonds is 11. The lowest BCUT2D eigenvalue weighted by atomic mass is 9.85. The molecule has 172 valence electrons. The van der Waals surface area contributed by atoms with Crippen molar-refractivity contribution in [2.45, 2.75) is 50.5 Å². The molecule has 1 unspecified atom stereocenters. The van der Waals surface area contributed by atoms with E-state index in [2.05, 4.69) is 0 Å². The molecule has 2 aromatic rings. The van der Waals surface area contributed by atoms with Crippen LogP contribution in [0.25, 0.3) is 0 Å². The molecule has 0 spiro atoms. The number of benzene rings is 2. The van der Waals surface area contributed by atoms with Gasteiger partial charge < -0.3 is 24.4 Å². The van der Waals surface area contributed by atoms with Gasteiger partial charge in [0.05, 0.1) is 18.6 Å². The highest BCUT2D eigenvalue weighted by Crippen LogP contribution is 2.31. The van der Waals surface area contributed by atoms with Gasteiger partial charge in [-0.05, 0) is 62.1 Å². The van der Waals surface area contributed by atoms with E-state index < -0.39 is 23.0 Å². The zero-order valence-electron chi connectivity index (χ0n) is 18.5. The Balaban J connectivity index is 1.45. The minimum Gasteiger partial charge on any atom is -0.493 e. The van der Waals surface area contributed by atoms with Crippen LogP contribution in [0.2, 0.25) is 0 Å². The van der Waals surface area contributed by atoms with Crippen LogP contribution in [-0.4, -0.2) is 47.6 Å². The zero-order valence-corrected chi connectivity index (χ0v) is 18.5. The summed E-state index contributed by atoms with van der Waals surface area (Å²) in [6, 6.07) is 14.5. The molecule has 0 amide bonds. The van der Waals surface area contributed by atoms with E-state index in [0.29, 0.717) is 56.1 Å². The van der Waals surface area contributed by atoms with Gasteiger partial charge in [0, 0.05) is 19.4 Å². The van der Waals surface area contributed by atoms with Crippen molar-refractivity contribution in [1.29, 1.82) is 0 Å². The second kappa shape index (κ2) is 10.0. The summed E-state index contributed by atoms with van der Waals surface area (Å²) in [5.74, 6) is -0.437. The van der Waals surface area contributed by atoms with E-state index >= 15 is 0 Å². The fourth-order valence-electron chi connectivity index (χ4n) is 3.69. The molecule has 0 saturated carbocycles. The molecule has 3 rings (SSSR count). The third kappa shape index (κ3) is 5.59. The second-order valence-corrected chi connectivity index (χ2v) is 8.58. The van der Waals surface area contributed by atoms with E-state index in [1.165, 1.54) is 0 Å². The minimum absolute atomic E-state index is 0.317. The highest BCUT2D eigenvalue weighted by molar-refractivity contribution is 5.80. The van der Waals surface area contributed by atoms with Gasteiger partial charge in [-0.3, -0.25) is 4.79 Å². The Morgan fingerprint density at radius 1 is 1.03 bits per heavy atom. The van der Waals surface area contributed by atoms with Crippen molar-refractivity contribution < 1.29 is 34.0 Å². The van der Waals surface area contributed by atoms with Crippen LogP contribution < -0.4 is 9.47 Å².